The molecule has 56 heavy (non-hydrogen) atoms. The molecule has 0 aliphatic rings. The molecule has 4 heterocycles. The van der Waals surface area contributed by atoms with Crippen LogP contribution in [0, 0.1) is 24.1 Å². The van der Waals surface area contributed by atoms with E-state index in [1.54, 1.807) is 12.4 Å². The molecule has 9 rings (SSSR count). The SMILES string of the molecule is CC(CC(C)c1c[c-]c(-c2ccccn2)cc1)Cn1c2ccccc2c2ccccc21.[Ir+3].[c-]1ccccc1-c1ccccn1.[c-]1ccccc1-c1ccccn1. The van der Waals surface area contributed by atoms with Crippen molar-refractivity contribution in [3.63, 3.8) is 0 Å². The van der Waals surface area contributed by atoms with E-state index in [2.05, 4.69) is 118 Å². The number of benzene rings is 5. The molecule has 9 aromatic rings. The van der Waals surface area contributed by atoms with E-state index in [1.165, 1.54) is 27.4 Å². The maximum absolute atomic E-state index is 4.43. The van der Waals surface area contributed by atoms with Crippen LogP contribution in [0.25, 0.3) is 55.6 Å². The fourth-order valence-electron chi connectivity index (χ4n) is 6.90. The van der Waals surface area contributed by atoms with Crippen molar-refractivity contribution >= 4 is 21.8 Å². The molecule has 0 N–H and O–H groups in total. The third kappa shape index (κ3) is 10.2. The average molecular weight is 904 g/mol. The van der Waals surface area contributed by atoms with Gasteiger partial charge >= 0.3 is 20.1 Å². The first-order valence-corrected chi connectivity index (χ1v) is 18.8. The molecule has 0 radical (unpaired) electrons. The Morgan fingerprint density at radius 3 is 1.34 bits per heavy atom. The number of pyridine rings is 3. The molecule has 0 saturated heterocycles. The Hall–Kier alpha value is -6.00. The third-order valence-corrected chi connectivity index (χ3v) is 9.58. The van der Waals surface area contributed by atoms with Gasteiger partial charge in [0.2, 0.25) is 0 Å². The Morgan fingerprint density at radius 2 is 0.929 bits per heavy atom. The minimum atomic E-state index is 0. The zero-order valence-electron chi connectivity index (χ0n) is 31.6. The van der Waals surface area contributed by atoms with Gasteiger partial charge in [-0.15, -0.1) is 107 Å². The van der Waals surface area contributed by atoms with Crippen LogP contribution in [0.2, 0.25) is 0 Å². The second-order valence-electron chi connectivity index (χ2n) is 13.6. The maximum Gasteiger partial charge on any atom is 3.00 e. The number of nitrogens with zero attached hydrogens (tertiary/aromatic N) is 4. The van der Waals surface area contributed by atoms with Crippen molar-refractivity contribution in [2.45, 2.75) is 32.7 Å². The predicted octanol–water partition coefficient (Wildman–Crippen LogP) is 12.6. The quantitative estimate of drug-likeness (QED) is 0.143. The number of para-hydroxylation sites is 2. The largest absolute Gasteiger partial charge is 3.00 e. The van der Waals surface area contributed by atoms with E-state index in [1.807, 2.05) is 109 Å². The van der Waals surface area contributed by atoms with Gasteiger partial charge in [0.1, 0.15) is 0 Å². The average Bonchev–Trinajstić information content (AvgIpc) is 3.58. The van der Waals surface area contributed by atoms with Crippen LogP contribution in [0.4, 0.5) is 0 Å². The van der Waals surface area contributed by atoms with Crippen LogP contribution in [-0.2, 0) is 26.7 Å². The monoisotopic (exact) mass is 904 g/mol. The molecule has 0 aliphatic heterocycles. The van der Waals surface area contributed by atoms with E-state index < -0.39 is 0 Å². The van der Waals surface area contributed by atoms with E-state index in [0.717, 1.165) is 46.7 Å². The summed E-state index contributed by atoms with van der Waals surface area (Å²) in [5, 5.41) is 2.69. The van der Waals surface area contributed by atoms with Gasteiger partial charge in [-0.1, -0.05) is 99.0 Å². The van der Waals surface area contributed by atoms with Crippen molar-refractivity contribution in [1.29, 1.82) is 0 Å². The first-order valence-electron chi connectivity index (χ1n) is 18.8. The van der Waals surface area contributed by atoms with Gasteiger partial charge in [-0.25, -0.2) is 0 Å². The van der Waals surface area contributed by atoms with E-state index in [0.29, 0.717) is 11.8 Å². The molecule has 0 fully saturated rings. The summed E-state index contributed by atoms with van der Waals surface area (Å²) in [7, 11) is 0. The molecule has 0 amide bonds. The molecule has 5 heteroatoms. The summed E-state index contributed by atoms with van der Waals surface area (Å²) in [5.41, 5.74) is 10.0. The minimum absolute atomic E-state index is 0. The zero-order chi connectivity index (χ0) is 37.7. The normalized spacial score (nSPS) is 11.6. The predicted molar refractivity (Wildman–Crippen MR) is 227 cm³/mol. The smallest absolute Gasteiger partial charge is 0.340 e. The Labute approximate surface area is 344 Å². The minimum Gasteiger partial charge on any atom is -0.340 e. The number of rotatable bonds is 8. The van der Waals surface area contributed by atoms with Crippen LogP contribution in [0.15, 0.2) is 188 Å². The molecule has 4 nitrogen and oxygen atoms in total. The van der Waals surface area contributed by atoms with Crippen molar-refractivity contribution in [2.75, 3.05) is 0 Å². The summed E-state index contributed by atoms with van der Waals surface area (Å²) in [6.45, 7) is 5.71. The number of aromatic nitrogens is 4. The molecule has 276 valence electrons. The molecular weight excluding hydrogens is 861 g/mol. The summed E-state index contributed by atoms with van der Waals surface area (Å²) < 4.78 is 2.50. The summed E-state index contributed by atoms with van der Waals surface area (Å²) in [6, 6.07) is 67.1. The van der Waals surface area contributed by atoms with Gasteiger partial charge in [0.15, 0.2) is 0 Å². The van der Waals surface area contributed by atoms with Gasteiger partial charge in [-0.05, 0) is 53.3 Å². The molecule has 5 aromatic carbocycles. The van der Waals surface area contributed by atoms with Crippen LogP contribution < -0.4 is 0 Å². The number of fused-ring (bicyclic) bond motifs is 3. The molecule has 4 aromatic heterocycles. The van der Waals surface area contributed by atoms with Gasteiger partial charge in [0.25, 0.3) is 0 Å². The maximum atomic E-state index is 4.43. The van der Waals surface area contributed by atoms with Crippen LogP contribution in [0.5, 0.6) is 0 Å². The van der Waals surface area contributed by atoms with Crippen LogP contribution in [0.1, 0.15) is 31.7 Å². The molecule has 0 bridgehead atoms. The van der Waals surface area contributed by atoms with Crippen molar-refractivity contribution < 1.29 is 20.1 Å². The van der Waals surface area contributed by atoms with E-state index in [-0.39, 0.29) is 20.1 Å². The summed E-state index contributed by atoms with van der Waals surface area (Å²) in [6.07, 6.45) is 6.54. The zero-order valence-corrected chi connectivity index (χ0v) is 34.0. The van der Waals surface area contributed by atoms with E-state index >= 15 is 0 Å². The van der Waals surface area contributed by atoms with Crippen molar-refractivity contribution in [2.24, 2.45) is 5.92 Å². The van der Waals surface area contributed by atoms with Gasteiger partial charge in [0.05, 0.1) is 0 Å². The summed E-state index contributed by atoms with van der Waals surface area (Å²) >= 11 is 0. The van der Waals surface area contributed by atoms with E-state index in [4.69, 9.17) is 0 Å². The van der Waals surface area contributed by atoms with Crippen molar-refractivity contribution in [3.8, 4) is 33.8 Å². The van der Waals surface area contributed by atoms with Gasteiger partial charge in [-0.2, -0.15) is 0 Å². The number of hydrogen-bond acceptors (Lipinski definition) is 3. The van der Waals surface area contributed by atoms with Crippen LogP contribution in [-0.4, -0.2) is 19.5 Å². The third-order valence-electron chi connectivity index (χ3n) is 9.58. The Bertz CT molecular complexity index is 2290. The molecule has 0 spiro atoms. The van der Waals surface area contributed by atoms with Crippen LogP contribution in [0.3, 0.4) is 0 Å². The van der Waals surface area contributed by atoms with Gasteiger partial charge < -0.3 is 19.5 Å². The second-order valence-corrected chi connectivity index (χ2v) is 13.6. The van der Waals surface area contributed by atoms with Crippen LogP contribution >= 0.6 is 0 Å². The fourth-order valence-corrected chi connectivity index (χ4v) is 6.90. The first-order chi connectivity index (χ1) is 27.1. The molecule has 2 unspecified atom stereocenters. The number of hydrogen-bond donors (Lipinski definition) is 0. The first kappa shape index (κ1) is 39.7. The summed E-state index contributed by atoms with van der Waals surface area (Å²) in [4.78, 5) is 12.9. The standard InChI is InChI=1S/C29H27N2.2C11H8N.Ir/c1-21(19-22(2)23-14-16-24(17-15-23)27-11-7-8-18-30-27)20-31-28-12-5-3-9-25(28)26-10-4-6-13-29(26)31;2*1-2-6-10(7-3-1)11-8-4-5-9-12-11;/h3-16,18,21-22H,19-20H2,1-2H3;2*1-6,8-9H;/q3*-1;+3. The Morgan fingerprint density at radius 1 is 0.482 bits per heavy atom. The Kier molecular flexibility index (Phi) is 14.2. The molecule has 0 saturated carbocycles. The second kappa shape index (κ2) is 20.1. The van der Waals surface area contributed by atoms with Crippen molar-refractivity contribution in [3.05, 3.63) is 212 Å². The van der Waals surface area contributed by atoms with Crippen molar-refractivity contribution in [1.82, 2.24) is 19.5 Å². The molecular formula is C51H43IrN4. The molecule has 2 atom stereocenters. The topological polar surface area (TPSA) is 43.6 Å². The summed E-state index contributed by atoms with van der Waals surface area (Å²) in [5.74, 6) is 1.04. The van der Waals surface area contributed by atoms with E-state index in [9.17, 15) is 0 Å². The fraction of sp³-hybridized carbons (Fsp3) is 0.118. The Balaban J connectivity index is 0.000000173. The van der Waals surface area contributed by atoms with Gasteiger partial charge in [-0.3, -0.25) is 0 Å². The molecule has 0 aliphatic carbocycles. The van der Waals surface area contributed by atoms with Gasteiger partial charge in [0, 0.05) is 46.9 Å².